The third-order valence-corrected chi connectivity index (χ3v) is 5.93. The number of fused-ring (bicyclic) bond motifs is 1. The Kier molecular flexibility index (Phi) is 5.85. The van der Waals surface area contributed by atoms with Gasteiger partial charge in [0.25, 0.3) is 5.91 Å². The molecular weight excluding hydrogens is 394 g/mol. The second-order valence-electron chi connectivity index (χ2n) is 6.24. The van der Waals surface area contributed by atoms with Crippen molar-refractivity contribution in [2.24, 2.45) is 0 Å². The highest BCUT2D eigenvalue weighted by Gasteiger charge is 2.27. The first kappa shape index (κ1) is 20.4. The summed E-state index contributed by atoms with van der Waals surface area (Å²) in [7, 11) is -4.02. The molecule has 0 radical (unpaired) electrons. The van der Waals surface area contributed by atoms with Gasteiger partial charge in [0.05, 0.1) is 11.4 Å². The predicted octanol–water partition coefficient (Wildman–Crippen LogP) is 1.84. The Bertz CT molecular complexity index is 1180. The van der Waals surface area contributed by atoms with Crippen LogP contribution in [0.5, 0.6) is 0 Å². The third-order valence-electron chi connectivity index (χ3n) is 4.18. The first-order valence-corrected chi connectivity index (χ1v) is 10.3. The van der Waals surface area contributed by atoms with Crippen LogP contribution >= 0.6 is 0 Å². The fourth-order valence-corrected chi connectivity index (χ4v) is 3.99. The number of pyridine rings is 3. The molecule has 0 saturated carbocycles. The van der Waals surface area contributed by atoms with Crippen LogP contribution in [0.1, 0.15) is 5.56 Å². The standard InChI is InChI=1S/C19H19N5O4S/c1-3-16(29(27,28)11-15(25)24-26)23-19-18-13(7-5-9-21-18)10-14(22-19)17-12(2)6-4-8-20-17/h3-10,16,26H,1,11H2,2H3,(H,22,23)(H,24,25). The summed E-state index contributed by atoms with van der Waals surface area (Å²) in [4.78, 5) is 24.5. The molecule has 0 aromatic carbocycles. The van der Waals surface area contributed by atoms with E-state index in [0.29, 0.717) is 16.9 Å². The molecule has 10 heteroatoms. The minimum absolute atomic E-state index is 0.209. The first-order chi connectivity index (χ1) is 13.9. The quantitative estimate of drug-likeness (QED) is 0.303. The van der Waals surface area contributed by atoms with Gasteiger partial charge in [-0.3, -0.25) is 20.0 Å². The van der Waals surface area contributed by atoms with E-state index in [0.717, 1.165) is 17.0 Å². The summed E-state index contributed by atoms with van der Waals surface area (Å²) in [5, 5.41) is 10.8. The first-order valence-electron chi connectivity index (χ1n) is 8.57. The molecule has 0 bridgehead atoms. The van der Waals surface area contributed by atoms with E-state index in [1.807, 2.05) is 31.2 Å². The molecule has 3 aromatic rings. The van der Waals surface area contributed by atoms with Gasteiger partial charge in [-0.25, -0.2) is 18.9 Å². The Hall–Kier alpha value is -3.37. The number of hydrogen-bond acceptors (Lipinski definition) is 8. The Balaban J connectivity index is 2.09. The van der Waals surface area contributed by atoms with Gasteiger partial charge in [-0.05, 0) is 30.7 Å². The molecule has 0 aliphatic carbocycles. The van der Waals surface area contributed by atoms with Crippen LogP contribution in [0.25, 0.3) is 22.3 Å². The number of aromatic nitrogens is 3. The van der Waals surface area contributed by atoms with E-state index in [1.165, 1.54) is 5.48 Å². The molecule has 0 aliphatic heterocycles. The minimum Gasteiger partial charge on any atom is -0.349 e. The van der Waals surface area contributed by atoms with Crippen LogP contribution in [0, 0.1) is 6.92 Å². The van der Waals surface area contributed by atoms with E-state index in [1.54, 1.807) is 18.5 Å². The van der Waals surface area contributed by atoms with Crippen LogP contribution in [-0.4, -0.2) is 45.6 Å². The number of nitrogens with zero attached hydrogens (tertiary/aromatic N) is 3. The van der Waals surface area contributed by atoms with Crippen molar-refractivity contribution in [3.8, 4) is 11.4 Å². The summed E-state index contributed by atoms with van der Waals surface area (Å²) in [6, 6.07) is 9.11. The average molecular weight is 413 g/mol. The minimum atomic E-state index is -4.02. The smallest absolute Gasteiger partial charge is 0.258 e. The second kappa shape index (κ2) is 8.33. The number of anilines is 1. The van der Waals surface area contributed by atoms with Crippen molar-refractivity contribution in [2.45, 2.75) is 12.3 Å². The molecule has 3 aromatic heterocycles. The van der Waals surface area contributed by atoms with Crippen molar-refractivity contribution >= 4 is 32.5 Å². The van der Waals surface area contributed by atoms with E-state index in [9.17, 15) is 13.2 Å². The van der Waals surface area contributed by atoms with Gasteiger partial charge in [0.2, 0.25) is 0 Å². The zero-order valence-corrected chi connectivity index (χ0v) is 16.3. The van der Waals surface area contributed by atoms with E-state index in [2.05, 4.69) is 26.8 Å². The maximum atomic E-state index is 12.5. The molecule has 0 fully saturated rings. The number of nitrogens with one attached hydrogen (secondary N) is 2. The molecule has 3 rings (SSSR count). The van der Waals surface area contributed by atoms with Crippen LogP contribution in [-0.2, 0) is 14.6 Å². The van der Waals surface area contributed by atoms with E-state index in [4.69, 9.17) is 5.21 Å². The predicted molar refractivity (Wildman–Crippen MR) is 109 cm³/mol. The van der Waals surface area contributed by atoms with Gasteiger partial charge in [0, 0.05) is 17.8 Å². The summed E-state index contributed by atoms with van der Waals surface area (Å²) in [6.45, 7) is 5.43. The van der Waals surface area contributed by atoms with Gasteiger partial charge < -0.3 is 5.32 Å². The summed E-state index contributed by atoms with van der Waals surface area (Å²) >= 11 is 0. The fourth-order valence-electron chi connectivity index (χ4n) is 2.80. The van der Waals surface area contributed by atoms with E-state index >= 15 is 0 Å². The van der Waals surface area contributed by atoms with Crippen molar-refractivity contribution in [1.29, 1.82) is 0 Å². The summed E-state index contributed by atoms with van der Waals surface area (Å²) in [5.41, 5.74) is 3.87. The van der Waals surface area contributed by atoms with E-state index in [-0.39, 0.29) is 5.82 Å². The number of hydroxylamine groups is 1. The molecule has 0 aliphatic rings. The van der Waals surface area contributed by atoms with Crippen molar-refractivity contribution < 1.29 is 18.4 Å². The largest absolute Gasteiger partial charge is 0.349 e. The Morgan fingerprint density at radius 3 is 2.69 bits per heavy atom. The number of amides is 1. The van der Waals surface area contributed by atoms with Crippen LogP contribution in [0.3, 0.4) is 0 Å². The SMILES string of the molecule is C=CC(Nc1nc(-c2ncccc2C)cc2cccnc12)S(=O)(=O)CC(=O)NO. The number of carbonyl (C=O) groups is 1. The highest BCUT2D eigenvalue weighted by Crippen LogP contribution is 2.28. The van der Waals surface area contributed by atoms with Gasteiger partial charge >= 0.3 is 0 Å². The van der Waals surface area contributed by atoms with Crippen molar-refractivity contribution in [3.05, 3.63) is 60.9 Å². The molecule has 0 spiro atoms. The molecule has 0 saturated heterocycles. The zero-order chi connectivity index (χ0) is 21.0. The second-order valence-corrected chi connectivity index (χ2v) is 8.37. The molecule has 9 nitrogen and oxygen atoms in total. The monoisotopic (exact) mass is 413 g/mol. The average Bonchev–Trinajstić information content (AvgIpc) is 2.71. The number of rotatable bonds is 7. The lowest BCUT2D eigenvalue weighted by molar-refractivity contribution is -0.126. The lowest BCUT2D eigenvalue weighted by Crippen LogP contribution is -2.36. The summed E-state index contributed by atoms with van der Waals surface area (Å²) in [5.74, 6) is -1.76. The molecule has 1 amide bonds. The fraction of sp³-hybridized carbons (Fsp3) is 0.158. The molecular formula is C19H19N5O4S. The van der Waals surface area contributed by atoms with Crippen LogP contribution in [0.2, 0.25) is 0 Å². The van der Waals surface area contributed by atoms with Crippen LogP contribution in [0.15, 0.2) is 55.4 Å². The van der Waals surface area contributed by atoms with E-state index < -0.39 is 26.9 Å². The van der Waals surface area contributed by atoms with Gasteiger partial charge in [-0.15, -0.1) is 6.58 Å². The Morgan fingerprint density at radius 1 is 1.28 bits per heavy atom. The van der Waals surface area contributed by atoms with Crippen LogP contribution in [0.4, 0.5) is 5.82 Å². The highest BCUT2D eigenvalue weighted by atomic mass is 32.2. The number of sulfone groups is 1. The Morgan fingerprint density at radius 2 is 2.00 bits per heavy atom. The maximum absolute atomic E-state index is 12.5. The van der Waals surface area contributed by atoms with Gasteiger partial charge in [0.15, 0.2) is 15.7 Å². The van der Waals surface area contributed by atoms with Gasteiger partial charge in [-0.1, -0.05) is 18.2 Å². The molecule has 150 valence electrons. The van der Waals surface area contributed by atoms with Crippen molar-refractivity contribution in [1.82, 2.24) is 20.4 Å². The van der Waals surface area contributed by atoms with Crippen molar-refractivity contribution in [2.75, 3.05) is 11.1 Å². The van der Waals surface area contributed by atoms with Crippen molar-refractivity contribution in [3.63, 3.8) is 0 Å². The normalized spacial score (nSPS) is 12.3. The lowest BCUT2D eigenvalue weighted by atomic mass is 10.1. The van der Waals surface area contributed by atoms with Gasteiger partial charge in [-0.2, -0.15) is 0 Å². The Labute approximate surface area is 167 Å². The third kappa shape index (κ3) is 4.39. The molecule has 3 heterocycles. The molecule has 29 heavy (non-hydrogen) atoms. The molecule has 3 N–H and O–H groups in total. The number of carbonyl (C=O) groups excluding carboxylic acids is 1. The number of aryl methyl sites for hydroxylation is 1. The lowest BCUT2D eigenvalue weighted by Gasteiger charge is -2.17. The molecule has 1 atom stereocenters. The summed E-state index contributed by atoms with van der Waals surface area (Å²) in [6.07, 6.45) is 4.36. The zero-order valence-electron chi connectivity index (χ0n) is 15.5. The summed E-state index contributed by atoms with van der Waals surface area (Å²) < 4.78 is 25.0. The topological polar surface area (TPSA) is 134 Å². The number of hydrogen-bond donors (Lipinski definition) is 3. The highest BCUT2D eigenvalue weighted by molar-refractivity contribution is 7.93. The maximum Gasteiger partial charge on any atom is 0.258 e. The molecule has 1 unspecified atom stereocenters. The van der Waals surface area contributed by atoms with Crippen LogP contribution < -0.4 is 10.8 Å². The van der Waals surface area contributed by atoms with Gasteiger partial charge in [0.1, 0.15) is 16.6 Å².